The van der Waals surface area contributed by atoms with Crippen molar-refractivity contribution in [3.63, 3.8) is 0 Å². The normalized spacial score (nSPS) is 26.8. The van der Waals surface area contributed by atoms with E-state index >= 15 is 0 Å². The molecule has 1 unspecified atom stereocenters. The van der Waals surface area contributed by atoms with Crippen LogP contribution in [0.5, 0.6) is 0 Å². The largest absolute Gasteiger partial charge is 0.0833 e. The fourth-order valence-corrected chi connectivity index (χ4v) is 3.11. The third kappa shape index (κ3) is 3.02. The molecular weight excluding hydrogens is 280 g/mol. The van der Waals surface area contributed by atoms with E-state index in [1.54, 1.807) is 0 Å². The smallest absolute Gasteiger partial charge is 0.0724 e. The van der Waals surface area contributed by atoms with E-state index in [9.17, 15) is 0 Å². The number of hydrogen-bond acceptors (Lipinski definition) is 0. The Morgan fingerprint density at radius 2 is 2.00 bits per heavy atom. The number of halogens is 2. The second-order valence-corrected chi connectivity index (χ2v) is 7.74. The number of unbranched alkanes of at least 4 members (excludes halogenated alkanes) is 3. The van der Waals surface area contributed by atoms with Crippen LogP contribution >= 0.6 is 31.9 Å². The molecule has 0 spiro atoms. The van der Waals surface area contributed by atoms with Gasteiger partial charge in [0.2, 0.25) is 0 Å². The molecule has 1 aliphatic carbocycles. The molecule has 1 aliphatic rings. The molecule has 0 aromatic heterocycles. The van der Waals surface area contributed by atoms with Gasteiger partial charge in [0.15, 0.2) is 0 Å². The predicted octanol–water partition coefficient (Wildman–Crippen LogP) is 4.85. The van der Waals surface area contributed by atoms with Gasteiger partial charge in [-0.3, -0.25) is 0 Å². The zero-order valence-corrected chi connectivity index (χ0v) is 11.0. The Morgan fingerprint density at radius 3 is 2.42 bits per heavy atom. The van der Waals surface area contributed by atoms with E-state index in [0.717, 1.165) is 5.92 Å². The predicted molar refractivity (Wildman–Crippen MR) is 62.1 cm³/mol. The lowest BCUT2D eigenvalue weighted by atomic mass is 9.81. The van der Waals surface area contributed by atoms with Crippen molar-refractivity contribution in [2.75, 3.05) is 0 Å². The quantitative estimate of drug-likeness (QED) is 0.502. The summed E-state index contributed by atoms with van der Waals surface area (Å²) < 4.78 is 0.312. The van der Waals surface area contributed by atoms with Crippen molar-refractivity contribution in [1.82, 2.24) is 0 Å². The van der Waals surface area contributed by atoms with Crippen LogP contribution in [0.15, 0.2) is 0 Å². The Labute approximate surface area is 92.8 Å². The van der Waals surface area contributed by atoms with E-state index < -0.39 is 0 Å². The molecule has 1 saturated carbocycles. The molecule has 1 atom stereocenters. The van der Waals surface area contributed by atoms with Gasteiger partial charge in [0, 0.05) is 0 Å². The standard InChI is InChI=1S/C10H18Br2/c1-2-3-4-5-6-9-7-8-10(9,11)12/h9H,2-8H2,1H3. The van der Waals surface area contributed by atoms with Gasteiger partial charge in [0.05, 0.1) is 3.23 Å². The summed E-state index contributed by atoms with van der Waals surface area (Å²) in [6.07, 6.45) is 9.69. The SMILES string of the molecule is CCCCCCC1CCC1(Br)Br. The zero-order chi connectivity index (χ0) is 9.03. The fraction of sp³-hybridized carbons (Fsp3) is 1.00. The summed E-state index contributed by atoms with van der Waals surface area (Å²) in [6.45, 7) is 2.27. The highest BCUT2D eigenvalue weighted by atomic mass is 79.9. The van der Waals surface area contributed by atoms with Crippen LogP contribution in [-0.4, -0.2) is 3.23 Å². The first-order valence-corrected chi connectivity index (χ1v) is 6.63. The fourth-order valence-electron chi connectivity index (χ4n) is 1.74. The summed E-state index contributed by atoms with van der Waals surface area (Å²) in [5, 5.41) is 0. The van der Waals surface area contributed by atoms with Crippen molar-refractivity contribution >= 4 is 31.9 Å². The third-order valence-electron chi connectivity index (χ3n) is 2.83. The summed E-state index contributed by atoms with van der Waals surface area (Å²) in [6, 6.07) is 0. The minimum absolute atomic E-state index is 0.312. The molecule has 0 bridgehead atoms. The molecule has 1 fully saturated rings. The van der Waals surface area contributed by atoms with Gasteiger partial charge >= 0.3 is 0 Å². The van der Waals surface area contributed by atoms with Gasteiger partial charge in [-0.25, -0.2) is 0 Å². The number of hydrogen-bond donors (Lipinski definition) is 0. The first-order chi connectivity index (χ1) is 5.67. The molecule has 0 aliphatic heterocycles. The Balaban J connectivity index is 2.01. The first kappa shape index (κ1) is 11.0. The maximum atomic E-state index is 3.72. The Morgan fingerprint density at radius 1 is 1.25 bits per heavy atom. The minimum atomic E-state index is 0.312. The molecule has 0 amide bonds. The maximum absolute atomic E-state index is 3.72. The molecule has 0 radical (unpaired) electrons. The summed E-state index contributed by atoms with van der Waals surface area (Å²) >= 11 is 7.43. The van der Waals surface area contributed by atoms with Crippen LogP contribution in [0, 0.1) is 5.92 Å². The van der Waals surface area contributed by atoms with Crippen LogP contribution < -0.4 is 0 Å². The molecule has 0 aromatic carbocycles. The molecule has 0 heterocycles. The second kappa shape index (κ2) is 4.99. The Hall–Kier alpha value is 0.960. The lowest BCUT2D eigenvalue weighted by Gasteiger charge is -2.40. The maximum Gasteiger partial charge on any atom is 0.0833 e. The second-order valence-electron chi connectivity index (χ2n) is 3.85. The number of rotatable bonds is 5. The Kier molecular flexibility index (Phi) is 4.59. The summed E-state index contributed by atoms with van der Waals surface area (Å²) in [4.78, 5) is 0. The van der Waals surface area contributed by atoms with Gasteiger partial charge in [-0.15, -0.1) is 0 Å². The lowest BCUT2D eigenvalue weighted by Crippen LogP contribution is -2.35. The van der Waals surface area contributed by atoms with Gasteiger partial charge in [-0.2, -0.15) is 0 Å². The minimum Gasteiger partial charge on any atom is -0.0724 e. The molecule has 0 saturated heterocycles. The molecule has 72 valence electrons. The van der Waals surface area contributed by atoms with Crippen molar-refractivity contribution in [2.45, 2.75) is 55.1 Å². The van der Waals surface area contributed by atoms with Gasteiger partial charge in [0.1, 0.15) is 0 Å². The van der Waals surface area contributed by atoms with Crippen molar-refractivity contribution in [1.29, 1.82) is 0 Å². The molecule has 12 heavy (non-hydrogen) atoms. The molecule has 0 aromatic rings. The van der Waals surface area contributed by atoms with Crippen LogP contribution in [-0.2, 0) is 0 Å². The van der Waals surface area contributed by atoms with E-state index in [-0.39, 0.29) is 0 Å². The summed E-state index contributed by atoms with van der Waals surface area (Å²) in [7, 11) is 0. The monoisotopic (exact) mass is 296 g/mol. The molecule has 2 heteroatoms. The van der Waals surface area contributed by atoms with E-state index in [4.69, 9.17) is 0 Å². The van der Waals surface area contributed by atoms with E-state index in [0.29, 0.717) is 3.23 Å². The van der Waals surface area contributed by atoms with E-state index in [1.807, 2.05) is 0 Å². The highest BCUT2D eigenvalue weighted by molar-refractivity contribution is 9.25. The van der Waals surface area contributed by atoms with Crippen molar-refractivity contribution in [3.8, 4) is 0 Å². The van der Waals surface area contributed by atoms with Gasteiger partial charge in [-0.05, 0) is 25.2 Å². The topological polar surface area (TPSA) is 0 Å². The van der Waals surface area contributed by atoms with Crippen LogP contribution in [0.3, 0.4) is 0 Å². The van der Waals surface area contributed by atoms with Crippen molar-refractivity contribution < 1.29 is 0 Å². The van der Waals surface area contributed by atoms with Crippen LogP contribution in [0.1, 0.15) is 51.9 Å². The summed E-state index contributed by atoms with van der Waals surface area (Å²) in [5.41, 5.74) is 0. The van der Waals surface area contributed by atoms with E-state index in [2.05, 4.69) is 38.8 Å². The molecule has 0 nitrogen and oxygen atoms in total. The highest BCUT2D eigenvalue weighted by Gasteiger charge is 2.41. The molecular formula is C10H18Br2. The van der Waals surface area contributed by atoms with Crippen molar-refractivity contribution in [2.24, 2.45) is 5.92 Å². The third-order valence-corrected chi connectivity index (χ3v) is 4.92. The summed E-state index contributed by atoms with van der Waals surface area (Å²) in [5.74, 6) is 0.884. The average Bonchev–Trinajstić information content (AvgIpc) is 2.02. The van der Waals surface area contributed by atoms with E-state index in [1.165, 1.54) is 44.9 Å². The van der Waals surface area contributed by atoms with Crippen LogP contribution in [0.25, 0.3) is 0 Å². The van der Waals surface area contributed by atoms with Crippen molar-refractivity contribution in [3.05, 3.63) is 0 Å². The zero-order valence-electron chi connectivity index (χ0n) is 7.78. The van der Waals surface area contributed by atoms with Gasteiger partial charge in [0.25, 0.3) is 0 Å². The Bertz CT molecular complexity index is 132. The molecule has 0 N–H and O–H groups in total. The average molecular weight is 298 g/mol. The first-order valence-electron chi connectivity index (χ1n) is 5.04. The molecule has 1 rings (SSSR count). The number of alkyl halides is 2. The lowest BCUT2D eigenvalue weighted by molar-refractivity contribution is 0.286. The van der Waals surface area contributed by atoms with Crippen LogP contribution in [0.2, 0.25) is 0 Å². The van der Waals surface area contributed by atoms with Gasteiger partial charge < -0.3 is 0 Å². The van der Waals surface area contributed by atoms with Crippen LogP contribution in [0.4, 0.5) is 0 Å². The highest BCUT2D eigenvalue weighted by Crippen LogP contribution is 2.52. The van der Waals surface area contributed by atoms with Gasteiger partial charge in [-0.1, -0.05) is 64.5 Å².